The van der Waals surface area contributed by atoms with E-state index < -0.39 is 11.8 Å². The molecule has 2 aromatic carbocycles. The topological polar surface area (TPSA) is 137 Å². The minimum Gasteiger partial charge on any atom is -0.483 e. The summed E-state index contributed by atoms with van der Waals surface area (Å²) in [5, 5.41) is 4.08. The van der Waals surface area contributed by atoms with Gasteiger partial charge in [0.05, 0.1) is 6.42 Å². The number of amides is 2. The first kappa shape index (κ1) is 21.8. The largest absolute Gasteiger partial charge is 0.483 e. The van der Waals surface area contributed by atoms with E-state index in [1.807, 2.05) is 48.5 Å². The normalized spacial score (nSPS) is 10.7. The summed E-state index contributed by atoms with van der Waals surface area (Å²) in [6, 6.07) is 17.2. The van der Waals surface area contributed by atoms with Crippen molar-refractivity contribution in [1.82, 2.24) is 30.4 Å². The lowest BCUT2D eigenvalue weighted by molar-refractivity contribution is -0.129. The number of hydrazine groups is 1. The highest BCUT2D eigenvalue weighted by Crippen LogP contribution is 2.29. The lowest BCUT2D eigenvalue weighted by atomic mass is 10.1. The predicted octanol–water partition coefficient (Wildman–Crippen LogP) is 1.76. The number of nitrogens with two attached hydrogens (primary N) is 1. The second-order valence-corrected chi connectivity index (χ2v) is 7.37. The van der Waals surface area contributed by atoms with Gasteiger partial charge in [0, 0.05) is 22.5 Å². The van der Waals surface area contributed by atoms with Crippen molar-refractivity contribution < 1.29 is 14.3 Å². The van der Waals surface area contributed by atoms with Crippen LogP contribution in [0.4, 0.5) is 5.95 Å². The average molecular weight is 445 g/mol. The molecule has 10 heteroatoms. The predicted molar refractivity (Wildman–Crippen MR) is 122 cm³/mol. The minimum absolute atomic E-state index is 0.00164. The average Bonchev–Trinajstić information content (AvgIpc) is 3.20. The summed E-state index contributed by atoms with van der Waals surface area (Å²) in [6.07, 6.45) is -0.00164. The van der Waals surface area contributed by atoms with E-state index in [-0.39, 0.29) is 19.0 Å². The van der Waals surface area contributed by atoms with Crippen LogP contribution >= 0.6 is 0 Å². The molecule has 0 aliphatic carbocycles. The Labute approximate surface area is 189 Å². The molecule has 2 amide bonds. The van der Waals surface area contributed by atoms with Gasteiger partial charge >= 0.3 is 0 Å². The van der Waals surface area contributed by atoms with Gasteiger partial charge in [-0.05, 0) is 25.5 Å². The number of nitrogen functional groups attached to an aromatic ring is 1. The molecule has 0 unspecified atom stereocenters. The molecule has 2 heterocycles. The molecule has 168 valence electrons. The molecule has 0 aliphatic heterocycles. The van der Waals surface area contributed by atoms with E-state index in [1.54, 1.807) is 19.9 Å². The number of ether oxygens (including phenoxy) is 1. The number of nitrogens with one attached hydrogen (secondary N) is 2. The number of anilines is 1. The minimum atomic E-state index is -0.489. The van der Waals surface area contributed by atoms with Gasteiger partial charge in [-0.25, -0.2) is 4.98 Å². The van der Waals surface area contributed by atoms with E-state index in [2.05, 4.69) is 25.9 Å². The number of para-hydroxylation sites is 1. The van der Waals surface area contributed by atoms with Crippen LogP contribution in [0.1, 0.15) is 17.0 Å². The first-order valence-electron chi connectivity index (χ1n) is 10.3. The number of hydrogen-bond acceptors (Lipinski definition) is 7. The number of carbonyl (C=O) groups excluding carboxylic acids is 2. The Bertz CT molecular complexity index is 1320. The highest BCUT2D eigenvalue weighted by atomic mass is 16.5. The Morgan fingerprint density at radius 1 is 0.970 bits per heavy atom. The van der Waals surface area contributed by atoms with E-state index in [0.29, 0.717) is 28.5 Å². The number of aromatic nitrogens is 4. The zero-order chi connectivity index (χ0) is 23.4. The summed E-state index contributed by atoms with van der Waals surface area (Å²) in [4.78, 5) is 33.0. The van der Waals surface area contributed by atoms with Crippen LogP contribution in [0.2, 0.25) is 0 Å². The van der Waals surface area contributed by atoms with Gasteiger partial charge in [0.1, 0.15) is 5.75 Å². The summed E-state index contributed by atoms with van der Waals surface area (Å²) in [7, 11) is 0. The molecular formula is C23H23N7O3. The molecule has 33 heavy (non-hydrogen) atoms. The molecule has 4 N–H and O–H groups in total. The maximum absolute atomic E-state index is 12.4. The van der Waals surface area contributed by atoms with Gasteiger partial charge in [-0.3, -0.25) is 20.4 Å². The molecule has 0 atom stereocenters. The van der Waals surface area contributed by atoms with Gasteiger partial charge < -0.3 is 10.5 Å². The highest BCUT2D eigenvalue weighted by molar-refractivity contribution is 5.84. The summed E-state index contributed by atoms with van der Waals surface area (Å²) in [6.45, 7) is 3.32. The number of aryl methyl sites for hydroxylation is 2. The fraction of sp³-hybridized carbons (Fsp3) is 0.174. The van der Waals surface area contributed by atoms with Gasteiger partial charge in [-0.2, -0.15) is 9.50 Å². The van der Waals surface area contributed by atoms with Gasteiger partial charge in [-0.1, -0.05) is 48.5 Å². The molecule has 2 aromatic heterocycles. The maximum Gasteiger partial charge on any atom is 0.276 e. The molecule has 0 saturated carbocycles. The fourth-order valence-corrected chi connectivity index (χ4v) is 3.45. The fourth-order valence-electron chi connectivity index (χ4n) is 3.45. The molecule has 0 bridgehead atoms. The molecule has 0 fully saturated rings. The Morgan fingerprint density at radius 2 is 1.67 bits per heavy atom. The highest BCUT2D eigenvalue weighted by Gasteiger charge is 2.16. The zero-order valence-corrected chi connectivity index (χ0v) is 18.2. The van der Waals surface area contributed by atoms with Crippen LogP contribution in [0.25, 0.3) is 16.9 Å². The van der Waals surface area contributed by atoms with Crippen LogP contribution in [-0.4, -0.2) is 38.0 Å². The summed E-state index contributed by atoms with van der Waals surface area (Å²) in [5.41, 5.74) is 14.3. The molecule has 0 radical (unpaired) electrons. The summed E-state index contributed by atoms with van der Waals surface area (Å²) in [5.74, 6) is 0.147. The van der Waals surface area contributed by atoms with E-state index in [9.17, 15) is 9.59 Å². The first-order chi connectivity index (χ1) is 15.9. The number of fused-ring (bicyclic) bond motifs is 1. The smallest absolute Gasteiger partial charge is 0.276 e. The Morgan fingerprint density at radius 3 is 2.45 bits per heavy atom. The number of carbonyl (C=O) groups is 2. The van der Waals surface area contributed by atoms with Crippen molar-refractivity contribution in [1.29, 1.82) is 0 Å². The zero-order valence-electron chi connectivity index (χ0n) is 18.2. The molecule has 10 nitrogen and oxygen atoms in total. The quantitative estimate of drug-likeness (QED) is 0.385. The third kappa shape index (κ3) is 4.90. The maximum atomic E-state index is 12.4. The summed E-state index contributed by atoms with van der Waals surface area (Å²) < 4.78 is 7.18. The SMILES string of the molecule is Cc1nc2nc(N)nn2c(C)c1CC(=O)NNC(=O)COc1ccccc1-c1ccccc1. The standard InChI is InChI=1S/C23H23N7O3/c1-14-18(15(2)30-23(25-14)26-22(24)29-30)12-20(31)27-28-21(32)13-33-19-11-7-6-10-17(19)16-8-4-3-5-9-16/h3-11H,12-13H2,1-2H3,(H2,24,29)(H,27,31)(H,28,32). The lowest BCUT2D eigenvalue weighted by Crippen LogP contribution is -2.44. The molecular weight excluding hydrogens is 422 g/mol. The van der Waals surface area contributed by atoms with Gasteiger partial charge in [0.25, 0.3) is 11.7 Å². The Kier molecular flexibility index (Phi) is 6.16. The molecule has 0 saturated heterocycles. The summed E-state index contributed by atoms with van der Waals surface area (Å²) >= 11 is 0. The van der Waals surface area contributed by atoms with E-state index in [1.165, 1.54) is 4.52 Å². The number of nitrogens with zero attached hydrogens (tertiary/aromatic N) is 4. The number of benzene rings is 2. The number of hydrogen-bond donors (Lipinski definition) is 3. The van der Waals surface area contributed by atoms with Crippen molar-refractivity contribution in [3.63, 3.8) is 0 Å². The Hall–Kier alpha value is -4.47. The molecule has 0 aliphatic rings. The lowest BCUT2D eigenvalue weighted by Gasteiger charge is -2.13. The first-order valence-corrected chi connectivity index (χ1v) is 10.3. The molecule has 4 rings (SSSR count). The van der Waals surface area contributed by atoms with Crippen molar-refractivity contribution >= 4 is 23.5 Å². The second-order valence-electron chi connectivity index (χ2n) is 7.37. The van der Waals surface area contributed by atoms with E-state index in [0.717, 1.165) is 11.1 Å². The van der Waals surface area contributed by atoms with Crippen molar-refractivity contribution in [3.05, 3.63) is 71.5 Å². The van der Waals surface area contributed by atoms with Crippen LogP contribution in [0.3, 0.4) is 0 Å². The van der Waals surface area contributed by atoms with Crippen LogP contribution in [0.15, 0.2) is 54.6 Å². The number of rotatable bonds is 6. The van der Waals surface area contributed by atoms with Crippen molar-refractivity contribution in [2.45, 2.75) is 20.3 Å². The third-order valence-electron chi connectivity index (χ3n) is 5.07. The van der Waals surface area contributed by atoms with E-state index >= 15 is 0 Å². The van der Waals surface area contributed by atoms with E-state index in [4.69, 9.17) is 10.5 Å². The molecule has 0 spiro atoms. The van der Waals surface area contributed by atoms with Crippen molar-refractivity contribution in [3.8, 4) is 16.9 Å². The monoisotopic (exact) mass is 445 g/mol. The second kappa shape index (κ2) is 9.35. The molecule has 4 aromatic rings. The third-order valence-corrected chi connectivity index (χ3v) is 5.07. The van der Waals surface area contributed by atoms with Crippen molar-refractivity contribution in [2.75, 3.05) is 12.3 Å². The van der Waals surface area contributed by atoms with Gasteiger partial charge in [0.2, 0.25) is 11.9 Å². The van der Waals surface area contributed by atoms with Crippen molar-refractivity contribution in [2.24, 2.45) is 0 Å². The van der Waals surface area contributed by atoms with Gasteiger partial charge in [0.15, 0.2) is 6.61 Å². The van der Waals surface area contributed by atoms with Gasteiger partial charge in [-0.15, -0.1) is 5.10 Å². The van der Waals surface area contributed by atoms with Crippen LogP contribution in [-0.2, 0) is 16.0 Å². The van der Waals surface area contributed by atoms with Crippen LogP contribution < -0.4 is 21.3 Å². The van der Waals surface area contributed by atoms with Crippen LogP contribution in [0, 0.1) is 13.8 Å². The van der Waals surface area contributed by atoms with Crippen LogP contribution in [0.5, 0.6) is 5.75 Å². The Balaban J connectivity index is 1.34.